The van der Waals surface area contributed by atoms with Crippen LogP contribution in [0.3, 0.4) is 0 Å². The van der Waals surface area contributed by atoms with E-state index in [-0.39, 0.29) is 17.9 Å². The largest absolute Gasteiger partial charge is 0.389 e. The fourth-order valence-electron chi connectivity index (χ4n) is 5.12. The molecular weight excluding hydrogens is 358 g/mol. The number of aliphatic hydroxyl groups is 1. The van der Waals surface area contributed by atoms with Gasteiger partial charge < -0.3 is 15.2 Å². The Kier molecular flexibility index (Phi) is 3.78. The third-order valence-electron chi connectivity index (χ3n) is 6.02. The number of hydrogen-bond donors (Lipinski definition) is 2. The van der Waals surface area contributed by atoms with Crippen molar-refractivity contribution in [2.45, 2.75) is 44.4 Å². The fourth-order valence-corrected chi connectivity index (χ4v) is 5.53. The summed E-state index contributed by atoms with van der Waals surface area (Å²) in [4.78, 5) is 12.8. The van der Waals surface area contributed by atoms with Crippen LogP contribution >= 0.6 is 15.9 Å². The standard InChI is InChI=1S/C18H22BrNO3/c1-2-23-9-11-5-12(19)3-4-13(11)17(21)20-16-14-8-18(22)7-10(14)6-15(16)18/h3-5,10,14-16,22H,2,6-9H2,1H3,(H,20,21)/t10?,14?,15?,16-,18-/m1/s1. The van der Waals surface area contributed by atoms with Crippen molar-refractivity contribution in [2.24, 2.45) is 17.8 Å². The molecule has 124 valence electrons. The molecule has 4 nitrogen and oxygen atoms in total. The summed E-state index contributed by atoms with van der Waals surface area (Å²) < 4.78 is 6.43. The van der Waals surface area contributed by atoms with Gasteiger partial charge in [0.25, 0.3) is 5.91 Å². The SMILES string of the molecule is CCOCc1cc(Br)ccc1C(=O)N[C@@H]1C2C[C@]3(O)CC2CC13. The first-order valence-corrected chi connectivity index (χ1v) is 9.20. The molecule has 0 saturated heterocycles. The Morgan fingerprint density at radius 2 is 2.30 bits per heavy atom. The highest BCUT2D eigenvalue weighted by Gasteiger charge is 2.67. The number of rotatable bonds is 5. The maximum absolute atomic E-state index is 12.8. The van der Waals surface area contributed by atoms with Crippen LogP contribution in [0.15, 0.2) is 22.7 Å². The van der Waals surface area contributed by atoms with Crippen LogP contribution in [0, 0.1) is 17.8 Å². The lowest BCUT2D eigenvalue weighted by Gasteiger charge is -2.27. The lowest BCUT2D eigenvalue weighted by Crippen LogP contribution is -2.44. The van der Waals surface area contributed by atoms with Gasteiger partial charge in [-0.2, -0.15) is 0 Å². The van der Waals surface area contributed by atoms with Gasteiger partial charge >= 0.3 is 0 Å². The summed E-state index contributed by atoms with van der Waals surface area (Å²) in [7, 11) is 0. The third kappa shape index (κ3) is 2.44. The predicted molar refractivity (Wildman–Crippen MR) is 90.0 cm³/mol. The molecule has 2 N–H and O–H groups in total. The van der Waals surface area contributed by atoms with Gasteiger partial charge in [0.05, 0.1) is 12.2 Å². The molecule has 0 heterocycles. The highest BCUT2D eigenvalue weighted by Crippen LogP contribution is 2.65. The molecule has 0 radical (unpaired) electrons. The van der Waals surface area contributed by atoms with Gasteiger partial charge in [-0.1, -0.05) is 15.9 Å². The van der Waals surface area contributed by atoms with Crippen molar-refractivity contribution in [3.63, 3.8) is 0 Å². The molecule has 3 unspecified atom stereocenters. The first-order valence-electron chi connectivity index (χ1n) is 8.41. The molecule has 5 atom stereocenters. The van der Waals surface area contributed by atoms with Gasteiger partial charge in [-0.3, -0.25) is 4.79 Å². The summed E-state index contributed by atoms with van der Waals surface area (Å²) in [5.41, 5.74) is 1.06. The second-order valence-electron chi connectivity index (χ2n) is 7.22. The van der Waals surface area contributed by atoms with E-state index in [4.69, 9.17) is 4.74 Å². The Labute approximate surface area is 144 Å². The normalized spacial score (nSPS) is 36.8. The third-order valence-corrected chi connectivity index (χ3v) is 6.52. The molecule has 4 aliphatic carbocycles. The molecule has 23 heavy (non-hydrogen) atoms. The summed E-state index contributed by atoms with van der Waals surface area (Å²) in [5, 5.41) is 13.8. The monoisotopic (exact) mass is 379 g/mol. The smallest absolute Gasteiger partial charge is 0.251 e. The van der Waals surface area contributed by atoms with Gasteiger partial charge in [-0.05, 0) is 61.8 Å². The van der Waals surface area contributed by atoms with Crippen molar-refractivity contribution in [1.29, 1.82) is 0 Å². The Hall–Kier alpha value is -0.910. The van der Waals surface area contributed by atoms with E-state index in [2.05, 4.69) is 21.2 Å². The zero-order chi connectivity index (χ0) is 16.2. The molecule has 5 rings (SSSR count). The number of nitrogens with one attached hydrogen (secondary N) is 1. The Balaban J connectivity index is 1.52. The molecule has 1 amide bonds. The van der Waals surface area contributed by atoms with E-state index in [0.29, 0.717) is 30.6 Å². The van der Waals surface area contributed by atoms with E-state index in [1.54, 1.807) is 0 Å². The molecular formula is C18H22BrNO3. The van der Waals surface area contributed by atoms with E-state index < -0.39 is 5.60 Å². The van der Waals surface area contributed by atoms with Crippen LogP contribution in [0.1, 0.15) is 42.1 Å². The minimum absolute atomic E-state index is 0.0426. The number of carbonyl (C=O) groups excluding carboxylic acids is 1. The Morgan fingerprint density at radius 3 is 2.91 bits per heavy atom. The van der Waals surface area contributed by atoms with Crippen molar-refractivity contribution < 1.29 is 14.6 Å². The second kappa shape index (κ2) is 5.57. The zero-order valence-electron chi connectivity index (χ0n) is 13.2. The average molecular weight is 380 g/mol. The van der Waals surface area contributed by atoms with Crippen LogP contribution in [0.4, 0.5) is 0 Å². The second-order valence-corrected chi connectivity index (χ2v) is 8.13. The maximum Gasteiger partial charge on any atom is 0.251 e. The van der Waals surface area contributed by atoms with Crippen LogP contribution in [0.2, 0.25) is 0 Å². The number of carbonyl (C=O) groups is 1. The molecule has 1 aromatic carbocycles. The molecule has 0 aliphatic heterocycles. The lowest BCUT2D eigenvalue weighted by molar-refractivity contribution is 0.0208. The van der Waals surface area contributed by atoms with E-state index in [0.717, 1.165) is 29.3 Å². The molecule has 4 fully saturated rings. The number of benzene rings is 1. The number of ether oxygens (including phenoxy) is 1. The van der Waals surface area contributed by atoms with Gasteiger partial charge in [-0.25, -0.2) is 0 Å². The zero-order valence-corrected chi connectivity index (χ0v) is 14.8. The van der Waals surface area contributed by atoms with E-state index >= 15 is 0 Å². The van der Waals surface area contributed by atoms with E-state index in [1.165, 1.54) is 0 Å². The van der Waals surface area contributed by atoms with Crippen LogP contribution in [0.5, 0.6) is 0 Å². The van der Waals surface area contributed by atoms with Crippen molar-refractivity contribution in [3.05, 3.63) is 33.8 Å². The molecule has 0 spiro atoms. The van der Waals surface area contributed by atoms with Gasteiger partial charge in [0.2, 0.25) is 0 Å². The van der Waals surface area contributed by atoms with Crippen LogP contribution in [0.25, 0.3) is 0 Å². The van der Waals surface area contributed by atoms with Gasteiger partial charge in [0.1, 0.15) is 0 Å². The van der Waals surface area contributed by atoms with Crippen molar-refractivity contribution in [2.75, 3.05) is 6.61 Å². The number of hydrogen-bond acceptors (Lipinski definition) is 3. The number of amides is 1. The van der Waals surface area contributed by atoms with Crippen LogP contribution in [-0.2, 0) is 11.3 Å². The molecule has 4 saturated carbocycles. The molecule has 4 aliphatic rings. The minimum Gasteiger partial charge on any atom is -0.389 e. The molecule has 5 heteroatoms. The van der Waals surface area contributed by atoms with E-state index in [1.807, 2.05) is 25.1 Å². The van der Waals surface area contributed by atoms with Gasteiger partial charge in [-0.15, -0.1) is 0 Å². The Morgan fingerprint density at radius 1 is 1.48 bits per heavy atom. The fraction of sp³-hybridized carbons (Fsp3) is 0.611. The highest BCUT2D eigenvalue weighted by atomic mass is 79.9. The quantitative estimate of drug-likeness (QED) is 0.826. The Bertz CT molecular complexity index is 649. The molecule has 1 aromatic rings. The number of halogens is 1. The van der Waals surface area contributed by atoms with Gasteiger partial charge in [0, 0.05) is 28.6 Å². The van der Waals surface area contributed by atoms with Gasteiger partial charge in [0.15, 0.2) is 0 Å². The minimum atomic E-state index is -0.513. The average Bonchev–Trinajstić information content (AvgIpc) is 3.18. The highest BCUT2D eigenvalue weighted by molar-refractivity contribution is 9.10. The maximum atomic E-state index is 12.8. The van der Waals surface area contributed by atoms with E-state index in [9.17, 15) is 9.90 Å². The van der Waals surface area contributed by atoms with Crippen LogP contribution < -0.4 is 5.32 Å². The first kappa shape index (κ1) is 15.6. The first-order chi connectivity index (χ1) is 11.0. The lowest BCUT2D eigenvalue weighted by atomic mass is 9.92. The topological polar surface area (TPSA) is 58.6 Å². The summed E-state index contributed by atoms with van der Waals surface area (Å²) >= 11 is 3.46. The van der Waals surface area contributed by atoms with Crippen molar-refractivity contribution >= 4 is 21.8 Å². The summed E-state index contributed by atoms with van der Waals surface area (Å²) in [6, 6.07) is 5.81. The summed E-state index contributed by atoms with van der Waals surface area (Å²) in [6.07, 6.45) is 2.86. The summed E-state index contributed by atoms with van der Waals surface area (Å²) in [6.45, 7) is 3.00. The van der Waals surface area contributed by atoms with Crippen molar-refractivity contribution in [1.82, 2.24) is 5.32 Å². The van der Waals surface area contributed by atoms with Crippen molar-refractivity contribution in [3.8, 4) is 0 Å². The van der Waals surface area contributed by atoms with Crippen LogP contribution in [-0.4, -0.2) is 29.3 Å². The summed E-state index contributed by atoms with van der Waals surface area (Å²) in [5.74, 6) is 1.26. The molecule has 0 aromatic heterocycles. The molecule has 4 bridgehead atoms. The predicted octanol–water partition coefficient (Wildman–Crippen LogP) is 2.87.